The molecule has 0 aliphatic carbocycles. The van der Waals surface area contributed by atoms with Gasteiger partial charge in [0.2, 0.25) is 0 Å². The number of rotatable bonds is 4. The van der Waals surface area contributed by atoms with Crippen molar-refractivity contribution in [2.75, 3.05) is 0 Å². The van der Waals surface area contributed by atoms with E-state index in [0.29, 0.717) is 5.92 Å². The number of hydrogen-bond acceptors (Lipinski definition) is 2. The van der Waals surface area contributed by atoms with Crippen LogP contribution in [0.3, 0.4) is 0 Å². The Kier molecular flexibility index (Phi) is 3.55. The van der Waals surface area contributed by atoms with E-state index in [0.717, 1.165) is 17.7 Å². The third-order valence-corrected chi connectivity index (χ3v) is 2.53. The molecular formula is C11H19NO. The molecule has 1 rings (SSSR count). The highest BCUT2D eigenvalue weighted by molar-refractivity contribution is 5.15. The molecule has 2 nitrogen and oxygen atoms in total. The van der Waals surface area contributed by atoms with E-state index in [1.54, 1.807) is 6.26 Å². The molecule has 2 unspecified atom stereocenters. The number of nitrogens with two attached hydrogens (primary N) is 1. The summed E-state index contributed by atoms with van der Waals surface area (Å²) in [6.07, 6.45) is 3.99. The molecule has 13 heavy (non-hydrogen) atoms. The van der Waals surface area contributed by atoms with Crippen molar-refractivity contribution < 1.29 is 4.42 Å². The van der Waals surface area contributed by atoms with Crippen LogP contribution >= 0.6 is 0 Å². The SMILES string of the molecule is CCC(C)CC(N)c1coc(C)c1. The zero-order chi connectivity index (χ0) is 9.84. The van der Waals surface area contributed by atoms with Crippen LogP contribution in [0, 0.1) is 12.8 Å². The molecule has 0 saturated heterocycles. The van der Waals surface area contributed by atoms with Gasteiger partial charge in [0, 0.05) is 11.6 Å². The van der Waals surface area contributed by atoms with E-state index < -0.39 is 0 Å². The van der Waals surface area contributed by atoms with Crippen molar-refractivity contribution in [2.45, 2.75) is 39.7 Å². The Morgan fingerprint density at radius 3 is 2.69 bits per heavy atom. The van der Waals surface area contributed by atoms with Crippen LogP contribution in [0.25, 0.3) is 0 Å². The van der Waals surface area contributed by atoms with Crippen LogP contribution in [0.15, 0.2) is 16.7 Å². The highest BCUT2D eigenvalue weighted by atomic mass is 16.3. The molecule has 0 aromatic carbocycles. The van der Waals surface area contributed by atoms with E-state index in [1.165, 1.54) is 6.42 Å². The topological polar surface area (TPSA) is 39.2 Å². The summed E-state index contributed by atoms with van der Waals surface area (Å²) in [6.45, 7) is 6.37. The maximum atomic E-state index is 6.02. The quantitative estimate of drug-likeness (QED) is 0.775. The van der Waals surface area contributed by atoms with Crippen molar-refractivity contribution in [1.29, 1.82) is 0 Å². The molecule has 74 valence electrons. The van der Waals surface area contributed by atoms with E-state index in [1.807, 2.05) is 13.0 Å². The minimum Gasteiger partial charge on any atom is -0.469 e. The molecular weight excluding hydrogens is 162 g/mol. The Bertz CT molecular complexity index is 254. The molecule has 1 aromatic heterocycles. The highest BCUT2D eigenvalue weighted by Crippen LogP contribution is 2.22. The van der Waals surface area contributed by atoms with Gasteiger partial charge in [0.05, 0.1) is 6.26 Å². The average molecular weight is 181 g/mol. The minimum absolute atomic E-state index is 0.132. The molecule has 2 atom stereocenters. The van der Waals surface area contributed by atoms with Gasteiger partial charge in [0.15, 0.2) is 0 Å². The lowest BCUT2D eigenvalue weighted by Crippen LogP contribution is -2.12. The Hall–Kier alpha value is -0.760. The Balaban J connectivity index is 2.53. The minimum atomic E-state index is 0.132. The summed E-state index contributed by atoms with van der Waals surface area (Å²) in [6, 6.07) is 2.15. The lowest BCUT2D eigenvalue weighted by molar-refractivity contribution is 0.456. The molecule has 1 heterocycles. The van der Waals surface area contributed by atoms with Gasteiger partial charge < -0.3 is 10.2 Å². The van der Waals surface area contributed by atoms with Gasteiger partial charge in [-0.3, -0.25) is 0 Å². The van der Waals surface area contributed by atoms with Crippen molar-refractivity contribution in [3.05, 3.63) is 23.7 Å². The number of hydrogen-bond donors (Lipinski definition) is 1. The van der Waals surface area contributed by atoms with Crippen LogP contribution in [0.2, 0.25) is 0 Å². The van der Waals surface area contributed by atoms with Gasteiger partial charge >= 0.3 is 0 Å². The summed E-state index contributed by atoms with van der Waals surface area (Å²) in [5.74, 6) is 1.62. The van der Waals surface area contributed by atoms with Crippen LogP contribution in [0.5, 0.6) is 0 Å². The summed E-state index contributed by atoms with van der Waals surface area (Å²) >= 11 is 0. The van der Waals surface area contributed by atoms with Crippen molar-refractivity contribution in [1.82, 2.24) is 0 Å². The number of furan rings is 1. The summed E-state index contributed by atoms with van der Waals surface area (Å²) in [5, 5.41) is 0. The predicted molar refractivity (Wildman–Crippen MR) is 54.4 cm³/mol. The molecule has 0 saturated carbocycles. The van der Waals surface area contributed by atoms with E-state index in [2.05, 4.69) is 13.8 Å². The Morgan fingerprint density at radius 1 is 1.54 bits per heavy atom. The van der Waals surface area contributed by atoms with Crippen molar-refractivity contribution in [3.63, 3.8) is 0 Å². The fourth-order valence-corrected chi connectivity index (χ4v) is 1.39. The third kappa shape index (κ3) is 2.88. The highest BCUT2D eigenvalue weighted by Gasteiger charge is 2.11. The first kappa shape index (κ1) is 10.3. The van der Waals surface area contributed by atoms with Crippen LogP contribution < -0.4 is 5.73 Å². The van der Waals surface area contributed by atoms with E-state index in [9.17, 15) is 0 Å². The van der Waals surface area contributed by atoms with Gasteiger partial charge in [-0.1, -0.05) is 20.3 Å². The first-order valence-corrected chi connectivity index (χ1v) is 4.94. The molecule has 0 fully saturated rings. The van der Waals surface area contributed by atoms with Gasteiger partial charge in [-0.15, -0.1) is 0 Å². The molecule has 2 heteroatoms. The molecule has 2 N–H and O–H groups in total. The average Bonchev–Trinajstić information content (AvgIpc) is 2.51. The van der Waals surface area contributed by atoms with Crippen LogP contribution in [0.4, 0.5) is 0 Å². The maximum absolute atomic E-state index is 6.02. The summed E-state index contributed by atoms with van der Waals surface area (Å²) in [4.78, 5) is 0. The first-order valence-electron chi connectivity index (χ1n) is 4.94. The second kappa shape index (κ2) is 4.47. The summed E-state index contributed by atoms with van der Waals surface area (Å²) in [7, 11) is 0. The molecule has 0 spiro atoms. The lowest BCUT2D eigenvalue weighted by atomic mass is 9.96. The van der Waals surface area contributed by atoms with Gasteiger partial charge in [-0.25, -0.2) is 0 Å². The van der Waals surface area contributed by atoms with Crippen molar-refractivity contribution in [2.24, 2.45) is 11.7 Å². The lowest BCUT2D eigenvalue weighted by Gasteiger charge is -2.13. The first-order chi connectivity index (χ1) is 6.13. The molecule has 0 bridgehead atoms. The van der Waals surface area contributed by atoms with Gasteiger partial charge in [-0.2, -0.15) is 0 Å². The zero-order valence-corrected chi connectivity index (χ0v) is 8.71. The van der Waals surface area contributed by atoms with Crippen molar-refractivity contribution >= 4 is 0 Å². The Morgan fingerprint density at radius 2 is 2.23 bits per heavy atom. The van der Waals surface area contributed by atoms with Crippen LogP contribution in [-0.2, 0) is 0 Å². The fourth-order valence-electron chi connectivity index (χ4n) is 1.39. The van der Waals surface area contributed by atoms with E-state index in [4.69, 9.17) is 10.2 Å². The Labute approximate surface area is 80.1 Å². The van der Waals surface area contributed by atoms with E-state index >= 15 is 0 Å². The van der Waals surface area contributed by atoms with Gasteiger partial charge in [0.1, 0.15) is 5.76 Å². The normalized spacial score (nSPS) is 15.7. The molecule has 1 aromatic rings. The second-order valence-corrected chi connectivity index (χ2v) is 3.85. The van der Waals surface area contributed by atoms with Crippen LogP contribution in [0.1, 0.15) is 44.1 Å². The van der Waals surface area contributed by atoms with Crippen molar-refractivity contribution in [3.8, 4) is 0 Å². The standard InChI is InChI=1S/C11H19NO/c1-4-8(2)5-11(12)10-6-9(3)13-7-10/h6-8,11H,4-5,12H2,1-3H3. The fraction of sp³-hybridized carbons (Fsp3) is 0.636. The monoisotopic (exact) mass is 181 g/mol. The van der Waals surface area contributed by atoms with Crippen LogP contribution in [-0.4, -0.2) is 0 Å². The summed E-state index contributed by atoms with van der Waals surface area (Å²) < 4.78 is 5.22. The predicted octanol–water partition coefficient (Wildman–Crippen LogP) is 3.02. The largest absolute Gasteiger partial charge is 0.469 e. The molecule has 0 aliphatic rings. The molecule has 0 aliphatic heterocycles. The summed E-state index contributed by atoms with van der Waals surface area (Å²) in [5.41, 5.74) is 7.15. The van der Waals surface area contributed by atoms with E-state index in [-0.39, 0.29) is 6.04 Å². The maximum Gasteiger partial charge on any atom is 0.101 e. The van der Waals surface area contributed by atoms with Gasteiger partial charge in [0.25, 0.3) is 0 Å². The molecule has 0 radical (unpaired) electrons. The number of aryl methyl sites for hydroxylation is 1. The molecule has 0 amide bonds. The van der Waals surface area contributed by atoms with Gasteiger partial charge in [-0.05, 0) is 25.3 Å². The smallest absolute Gasteiger partial charge is 0.101 e. The second-order valence-electron chi connectivity index (χ2n) is 3.85. The zero-order valence-electron chi connectivity index (χ0n) is 8.71. The third-order valence-electron chi connectivity index (χ3n) is 2.53.